The van der Waals surface area contributed by atoms with Gasteiger partial charge >= 0.3 is 0 Å². The molecule has 0 saturated carbocycles. The summed E-state index contributed by atoms with van der Waals surface area (Å²) in [6, 6.07) is 11.6. The van der Waals surface area contributed by atoms with Crippen molar-refractivity contribution in [1.29, 1.82) is 0 Å². The molecule has 0 radical (unpaired) electrons. The third-order valence-electron chi connectivity index (χ3n) is 3.28. The van der Waals surface area contributed by atoms with Gasteiger partial charge in [0.2, 0.25) is 0 Å². The molecule has 0 bridgehead atoms. The summed E-state index contributed by atoms with van der Waals surface area (Å²) in [5.41, 5.74) is 7.92. The quantitative estimate of drug-likeness (QED) is 0.786. The Morgan fingerprint density at radius 3 is 2.58 bits per heavy atom. The predicted molar refractivity (Wildman–Crippen MR) is 77.9 cm³/mol. The molecule has 1 aromatic heterocycles. The van der Waals surface area contributed by atoms with Gasteiger partial charge in [-0.1, -0.05) is 30.3 Å². The lowest BCUT2D eigenvalue weighted by Gasteiger charge is -2.30. The number of aryl methyl sites for hydroxylation is 1. The van der Waals surface area contributed by atoms with E-state index in [4.69, 9.17) is 5.73 Å². The van der Waals surface area contributed by atoms with Gasteiger partial charge in [-0.2, -0.15) is 0 Å². The first-order valence-electron chi connectivity index (χ1n) is 6.22. The Balaban J connectivity index is 2.30. The molecule has 100 valence electrons. The van der Waals surface area contributed by atoms with Gasteiger partial charge < -0.3 is 16.2 Å². The second-order valence-electron chi connectivity index (χ2n) is 4.91. The van der Waals surface area contributed by atoms with Crippen molar-refractivity contribution < 1.29 is 5.11 Å². The van der Waals surface area contributed by atoms with Gasteiger partial charge in [0, 0.05) is 18.0 Å². The molecule has 1 atom stereocenters. The molecular formula is C15H19N3O. The number of rotatable bonds is 4. The number of benzene rings is 1. The molecule has 0 aliphatic rings. The number of aromatic nitrogens is 1. The zero-order chi connectivity index (χ0) is 13.9. The van der Waals surface area contributed by atoms with Gasteiger partial charge in [0.05, 0.1) is 12.1 Å². The number of aliphatic hydroxyl groups is 1. The molecule has 0 amide bonds. The van der Waals surface area contributed by atoms with Crippen LogP contribution in [-0.2, 0) is 5.54 Å². The summed E-state index contributed by atoms with van der Waals surface area (Å²) in [5.74, 6) is 0.656. The molecule has 0 fully saturated rings. The van der Waals surface area contributed by atoms with Crippen molar-refractivity contribution >= 4 is 11.5 Å². The van der Waals surface area contributed by atoms with Crippen LogP contribution < -0.4 is 11.1 Å². The van der Waals surface area contributed by atoms with Crippen molar-refractivity contribution in [1.82, 2.24) is 4.98 Å². The molecular weight excluding hydrogens is 238 g/mol. The minimum absolute atomic E-state index is 0.0352. The predicted octanol–water partition coefficient (Wildman–Crippen LogP) is 2.29. The number of aliphatic hydroxyl groups excluding tert-OH is 1. The SMILES string of the molecule is Cc1cnc(NC(C)(CO)c2ccccc2)cc1N. The van der Waals surface area contributed by atoms with Crippen molar-refractivity contribution in [3.63, 3.8) is 0 Å². The molecule has 19 heavy (non-hydrogen) atoms. The summed E-state index contributed by atoms with van der Waals surface area (Å²) < 4.78 is 0. The van der Waals surface area contributed by atoms with Crippen LogP contribution in [0.4, 0.5) is 11.5 Å². The van der Waals surface area contributed by atoms with E-state index in [1.54, 1.807) is 12.3 Å². The minimum atomic E-state index is -0.587. The maximum absolute atomic E-state index is 9.70. The number of anilines is 2. The highest BCUT2D eigenvalue weighted by Crippen LogP contribution is 2.25. The van der Waals surface area contributed by atoms with Crippen LogP contribution in [0.25, 0.3) is 0 Å². The van der Waals surface area contributed by atoms with Crippen LogP contribution in [0.3, 0.4) is 0 Å². The monoisotopic (exact) mass is 257 g/mol. The van der Waals surface area contributed by atoms with Crippen molar-refractivity contribution in [3.05, 3.63) is 53.7 Å². The lowest BCUT2D eigenvalue weighted by molar-refractivity contribution is 0.223. The Kier molecular flexibility index (Phi) is 3.71. The normalized spacial score (nSPS) is 13.8. The molecule has 0 aliphatic heterocycles. The van der Waals surface area contributed by atoms with Crippen LogP contribution in [-0.4, -0.2) is 16.7 Å². The Morgan fingerprint density at radius 1 is 1.32 bits per heavy atom. The summed E-state index contributed by atoms with van der Waals surface area (Å²) >= 11 is 0. The van der Waals surface area contributed by atoms with E-state index >= 15 is 0 Å². The van der Waals surface area contributed by atoms with E-state index in [9.17, 15) is 5.11 Å². The molecule has 0 saturated heterocycles. The van der Waals surface area contributed by atoms with Crippen molar-refractivity contribution in [2.24, 2.45) is 0 Å². The fourth-order valence-electron chi connectivity index (χ4n) is 1.90. The second-order valence-corrected chi connectivity index (χ2v) is 4.91. The van der Waals surface area contributed by atoms with E-state index in [0.29, 0.717) is 11.5 Å². The molecule has 1 unspecified atom stereocenters. The smallest absolute Gasteiger partial charge is 0.128 e. The van der Waals surface area contributed by atoms with E-state index in [-0.39, 0.29) is 6.61 Å². The Labute approximate surface area is 113 Å². The number of nitrogen functional groups attached to an aromatic ring is 1. The van der Waals surface area contributed by atoms with E-state index in [1.165, 1.54) is 0 Å². The van der Waals surface area contributed by atoms with Gasteiger partial charge in [-0.25, -0.2) is 4.98 Å². The maximum Gasteiger partial charge on any atom is 0.128 e. The molecule has 0 spiro atoms. The van der Waals surface area contributed by atoms with Crippen LogP contribution in [0.2, 0.25) is 0 Å². The lowest BCUT2D eigenvalue weighted by atomic mass is 9.93. The number of nitrogens with two attached hydrogens (primary N) is 1. The minimum Gasteiger partial charge on any atom is -0.398 e. The Hall–Kier alpha value is -2.07. The summed E-state index contributed by atoms with van der Waals surface area (Å²) in [6.07, 6.45) is 1.72. The first-order chi connectivity index (χ1) is 9.05. The summed E-state index contributed by atoms with van der Waals surface area (Å²) in [4.78, 5) is 4.30. The highest BCUT2D eigenvalue weighted by Gasteiger charge is 2.25. The molecule has 1 heterocycles. The Bertz CT molecular complexity index is 557. The fraction of sp³-hybridized carbons (Fsp3) is 0.267. The molecule has 2 rings (SSSR count). The molecule has 0 aliphatic carbocycles. The van der Waals surface area contributed by atoms with Gasteiger partial charge in [-0.05, 0) is 25.0 Å². The van der Waals surface area contributed by atoms with Gasteiger partial charge in [0.15, 0.2) is 0 Å². The van der Waals surface area contributed by atoms with Crippen molar-refractivity contribution in [2.45, 2.75) is 19.4 Å². The largest absolute Gasteiger partial charge is 0.398 e. The number of nitrogens with one attached hydrogen (secondary N) is 1. The first-order valence-corrected chi connectivity index (χ1v) is 6.22. The van der Waals surface area contributed by atoms with Gasteiger partial charge in [0.1, 0.15) is 5.82 Å². The van der Waals surface area contributed by atoms with Crippen molar-refractivity contribution in [3.8, 4) is 0 Å². The first kappa shape index (κ1) is 13.4. The summed E-state index contributed by atoms with van der Waals surface area (Å²) in [7, 11) is 0. The average Bonchev–Trinajstić information content (AvgIpc) is 2.44. The highest BCUT2D eigenvalue weighted by atomic mass is 16.3. The molecule has 4 N–H and O–H groups in total. The highest BCUT2D eigenvalue weighted by molar-refractivity contribution is 5.55. The summed E-state index contributed by atoms with van der Waals surface area (Å²) in [6.45, 7) is 3.81. The van der Waals surface area contributed by atoms with Crippen LogP contribution in [0, 0.1) is 6.92 Å². The van der Waals surface area contributed by atoms with E-state index in [0.717, 1.165) is 11.1 Å². The third kappa shape index (κ3) is 2.85. The van der Waals surface area contributed by atoms with E-state index in [2.05, 4.69) is 10.3 Å². The standard InChI is InChI=1S/C15H19N3O/c1-11-9-17-14(8-13(11)16)18-15(2,10-19)12-6-4-3-5-7-12/h3-9,19H,10H2,1-2H3,(H3,16,17,18). The molecule has 4 nitrogen and oxygen atoms in total. The van der Waals surface area contributed by atoms with Gasteiger partial charge in [0.25, 0.3) is 0 Å². The number of nitrogens with zero attached hydrogens (tertiary/aromatic N) is 1. The molecule has 2 aromatic rings. The lowest BCUT2D eigenvalue weighted by Crippen LogP contribution is -2.36. The second kappa shape index (κ2) is 5.28. The van der Waals surface area contributed by atoms with Crippen LogP contribution in [0.5, 0.6) is 0 Å². The zero-order valence-corrected chi connectivity index (χ0v) is 11.2. The van der Waals surface area contributed by atoms with Gasteiger partial charge in [-0.15, -0.1) is 0 Å². The van der Waals surface area contributed by atoms with Crippen molar-refractivity contribution in [2.75, 3.05) is 17.7 Å². The van der Waals surface area contributed by atoms with E-state index in [1.807, 2.05) is 44.2 Å². The number of hydrogen-bond donors (Lipinski definition) is 3. The maximum atomic E-state index is 9.70. The van der Waals surface area contributed by atoms with Gasteiger partial charge in [-0.3, -0.25) is 0 Å². The fourth-order valence-corrected chi connectivity index (χ4v) is 1.90. The molecule has 4 heteroatoms. The number of pyridine rings is 1. The Morgan fingerprint density at radius 2 is 2.00 bits per heavy atom. The average molecular weight is 257 g/mol. The third-order valence-corrected chi connectivity index (χ3v) is 3.28. The molecule has 1 aromatic carbocycles. The van der Waals surface area contributed by atoms with Crippen LogP contribution in [0.15, 0.2) is 42.6 Å². The topological polar surface area (TPSA) is 71.2 Å². The van der Waals surface area contributed by atoms with Crippen LogP contribution in [0.1, 0.15) is 18.1 Å². The van der Waals surface area contributed by atoms with E-state index < -0.39 is 5.54 Å². The zero-order valence-electron chi connectivity index (χ0n) is 11.2. The summed E-state index contributed by atoms with van der Waals surface area (Å²) in [5, 5.41) is 13.0. The van der Waals surface area contributed by atoms with Crippen LogP contribution >= 0.6 is 0 Å². The number of hydrogen-bond acceptors (Lipinski definition) is 4.